The van der Waals surface area contributed by atoms with Gasteiger partial charge >= 0.3 is 0 Å². The molecule has 4 rings (SSSR count). The minimum Gasteiger partial charge on any atom is -0.493 e. The van der Waals surface area contributed by atoms with Crippen LogP contribution in [-0.2, 0) is 0 Å². The van der Waals surface area contributed by atoms with Crippen molar-refractivity contribution in [3.05, 3.63) is 36.2 Å². The highest BCUT2D eigenvalue weighted by molar-refractivity contribution is 6.28. The zero-order chi connectivity index (χ0) is 19.8. The van der Waals surface area contributed by atoms with Crippen LogP contribution in [-0.4, -0.2) is 40.8 Å². The summed E-state index contributed by atoms with van der Waals surface area (Å²) in [4.78, 5) is 12.7. The van der Waals surface area contributed by atoms with Crippen LogP contribution < -0.4 is 19.9 Å². The predicted molar refractivity (Wildman–Crippen MR) is 103 cm³/mol. The summed E-state index contributed by atoms with van der Waals surface area (Å²) in [5.74, 6) is 1.59. The largest absolute Gasteiger partial charge is 0.493 e. The standard InChI is InChI=1S/C18H16ClN5O4/c1-25-11-6-10(24-7-12(20)21-8-24)13(17(27-3)16(11)26-2)14-15-9(4-5-28-15)22-18(19)23-14/h4-8H,20H2,1-3H3. The number of aromatic nitrogens is 4. The number of hydrogen-bond donors (Lipinski definition) is 1. The first-order valence-corrected chi connectivity index (χ1v) is 8.49. The number of furan rings is 1. The van der Waals surface area contributed by atoms with Gasteiger partial charge in [-0.1, -0.05) is 0 Å². The first kappa shape index (κ1) is 17.9. The third-order valence-electron chi connectivity index (χ3n) is 4.20. The first-order valence-electron chi connectivity index (χ1n) is 8.11. The maximum absolute atomic E-state index is 6.16. The molecule has 4 aromatic rings. The number of fused-ring (bicyclic) bond motifs is 1. The monoisotopic (exact) mass is 401 g/mol. The molecule has 1 aromatic carbocycles. The number of imidazole rings is 1. The van der Waals surface area contributed by atoms with E-state index in [2.05, 4.69) is 15.0 Å². The highest BCUT2D eigenvalue weighted by Crippen LogP contribution is 2.49. The van der Waals surface area contributed by atoms with Crippen LogP contribution >= 0.6 is 11.6 Å². The summed E-state index contributed by atoms with van der Waals surface area (Å²) in [5, 5.41) is 0.0665. The Labute approximate surface area is 164 Å². The van der Waals surface area contributed by atoms with Gasteiger partial charge in [-0.2, -0.15) is 0 Å². The lowest BCUT2D eigenvalue weighted by Gasteiger charge is -2.19. The summed E-state index contributed by atoms with van der Waals surface area (Å²) in [7, 11) is 4.58. The van der Waals surface area contributed by atoms with Crippen molar-refractivity contribution in [1.82, 2.24) is 19.5 Å². The molecule has 0 atom stereocenters. The number of nitrogens with two attached hydrogens (primary N) is 1. The number of halogens is 1. The van der Waals surface area contributed by atoms with E-state index in [1.807, 2.05) is 0 Å². The molecule has 144 valence electrons. The summed E-state index contributed by atoms with van der Waals surface area (Å²) in [6, 6.07) is 3.47. The molecule has 0 bridgehead atoms. The third kappa shape index (κ3) is 2.76. The molecule has 0 unspecified atom stereocenters. The number of nitrogen functional groups attached to an aromatic ring is 1. The lowest BCUT2D eigenvalue weighted by molar-refractivity contribution is 0.325. The minimum atomic E-state index is 0.0665. The zero-order valence-electron chi connectivity index (χ0n) is 15.3. The maximum Gasteiger partial charge on any atom is 0.223 e. The number of anilines is 1. The Morgan fingerprint density at radius 1 is 1.11 bits per heavy atom. The van der Waals surface area contributed by atoms with Gasteiger partial charge in [0.15, 0.2) is 17.1 Å². The number of nitrogens with zero attached hydrogens (tertiary/aromatic N) is 4. The number of methoxy groups -OCH3 is 3. The highest BCUT2D eigenvalue weighted by Gasteiger charge is 2.27. The minimum absolute atomic E-state index is 0.0665. The van der Waals surface area contributed by atoms with Gasteiger partial charge in [0.1, 0.15) is 23.4 Å². The van der Waals surface area contributed by atoms with E-state index in [9.17, 15) is 0 Å². The molecule has 3 heterocycles. The first-order chi connectivity index (χ1) is 13.6. The van der Waals surface area contributed by atoms with Crippen molar-refractivity contribution < 1.29 is 18.6 Å². The number of rotatable bonds is 5. The molecule has 10 heteroatoms. The van der Waals surface area contributed by atoms with E-state index in [1.165, 1.54) is 27.6 Å². The third-order valence-corrected chi connectivity index (χ3v) is 4.37. The average Bonchev–Trinajstić information content (AvgIpc) is 3.34. The van der Waals surface area contributed by atoms with Gasteiger partial charge in [0.2, 0.25) is 11.0 Å². The van der Waals surface area contributed by atoms with E-state index in [1.54, 1.807) is 29.2 Å². The molecular weight excluding hydrogens is 386 g/mol. The fourth-order valence-electron chi connectivity index (χ4n) is 3.05. The molecule has 0 spiro atoms. The number of hydrogen-bond acceptors (Lipinski definition) is 8. The van der Waals surface area contributed by atoms with Crippen molar-refractivity contribution in [3.8, 4) is 34.2 Å². The smallest absolute Gasteiger partial charge is 0.223 e. The van der Waals surface area contributed by atoms with Gasteiger partial charge in [-0.15, -0.1) is 0 Å². The van der Waals surface area contributed by atoms with Crippen molar-refractivity contribution in [2.45, 2.75) is 0 Å². The molecule has 0 aliphatic heterocycles. The van der Waals surface area contributed by atoms with Gasteiger partial charge in [0.25, 0.3) is 0 Å². The van der Waals surface area contributed by atoms with Gasteiger partial charge < -0.3 is 28.9 Å². The SMILES string of the molecule is COc1cc(-n2cnc(N)c2)c(-c2nc(Cl)nc3ccoc23)c(OC)c1OC. The summed E-state index contributed by atoms with van der Waals surface area (Å²) < 4.78 is 24.0. The van der Waals surface area contributed by atoms with Crippen LogP contribution in [0.3, 0.4) is 0 Å². The second-order valence-corrected chi connectivity index (χ2v) is 6.06. The van der Waals surface area contributed by atoms with Crippen LogP contribution in [0, 0.1) is 0 Å². The lowest BCUT2D eigenvalue weighted by Crippen LogP contribution is -2.04. The molecule has 0 saturated heterocycles. The Morgan fingerprint density at radius 3 is 2.54 bits per heavy atom. The van der Waals surface area contributed by atoms with Gasteiger partial charge in [0, 0.05) is 12.1 Å². The van der Waals surface area contributed by atoms with Gasteiger partial charge in [-0.3, -0.25) is 0 Å². The van der Waals surface area contributed by atoms with E-state index < -0.39 is 0 Å². The summed E-state index contributed by atoms with van der Waals surface area (Å²) in [6.07, 6.45) is 4.75. The van der Waals surface area contributed by atoms with Crippen LogP contribution in [0.25, 0.3) is 28.0 Å². The van der Waals surface area contributed by atoms with Crippen LogP contribution in [0.4, 0.5) is 5.82 Å². The second-order valence-electron chi connectivity index (χ2n) is 5.72. The Balaban J connectivity index is 2.16. The zero-order valence-corrected chi connectivity index (χ0v) is 16.0. The molecule has 3 aromatic heterocycles. The van der Waals surface area contributed by atoms with Crippen molar-refractivity contribution in [2.24, 2.45) is 0 Å². The molecule has 2 N–H and O–H groups in total. The fraction of sp³-hybridized carbons (Fsp3) is 0.167. The van der Waals surface area contributed by atoms with Crippen molar-refractivity contribution in [2.75, 3.05) is 27.1 Å². The number of ether oxygens (including phenoxy) is 3. The van der Waals surface area contributed by atoms with E-state index >= 15 is 0 Å². The molecular formula is C18H16ClN5O4. The van der Waals surface area contributed by atoms with Gasteiger partial charge in [-0.05, 0) is 11.6 Å². The van der Waals surface area contributed by atoms with E-state index in [0.29, 0.717) is 51.1 Å². The van der Waals surface area contributed by atoms with E-state index in [-0.39, 0.29) is 5.28 Å². The van der Waals surface area contributed by atoms with Crippen LogP contribution in [0.5, 0.6) is 17.2 Å². The Morgan fingerprint density at radius 2 is 1.89 bits per heavy atom. The Hall–Kier alpha value is -3.46. The van der Waals surface area contributed by atoms with Crippen LogP contribution in [0.1, 0.15) is 0 Å². The normalized spacial score (nSPS) is 11.0. The highest BCUT2D eigenvalue weighted by atomic mass is 35.5. The summed E-state index contributed by atoms with van der Waals surface area (Å²) in [5.41, 5.74) is 8.44. The summed E-state index contributed by atoms with van der Waals surface area (Å²) in [6.45, 7) is 0. The Bertz CT molecular complexity index is 1170. The molecule has 28 heavy (non-hydrogen) atoms. The fourth-order valence-corrected chi connectivity index (χ4v) is 3.23. The molecule has 0 radical (unpaired) electrons. The summed E-state index contributed by atoms with van der Waals surface area (Å²) >= 11 is 6.16. The van der Waals surface area contributed by atoms with E-state index in [0.717, 1.165) is 0 Å². The van der Waals surface area contributed by atoms with Crippen LogP contribution in [0.2, 0.25) is 5.28 Å². The number of benzene rings is 1. The van der Waals surface area contributed by atoms with Crippen molar-refractivity contribution in [3.63, 3.8) is 0 Å². The topological polar surface area (TPSA) is 110 Å². The molecule has 0 fully saturated rings. The van der Waals surface area contributed by atoms with Gasteiger partial charge in [0.05, 0.1) is 45.0 Å². The van der Waals surface area contributed by atoms with E-state index in [4.69, 9.17) is 36.0 Å². The average molecular weight is 402 g/mol. The van der Waals surface area contributed by atoms with Crippen molar-refractivity contribution in [1.29, 1.82) is 0 Å². The lowest BCUT2D eigenvalue weighted by atomic mass is 10.0. The maximum atomic E-state index is 6.16. The predicted octanol–water partition coefficient (Wildman–Crippen LogP) is 3.34. The molecule has 0 amide bonds. The second kappa shape index (κ2) is 6.93. The Kier molecular flexibility index (Phi) is 4.44. The molecule has 0 aliphatic rings. The molecule has 9 nitrogen and oxygen atoms in total. The van der Waals surface area contributed by atoms with Crippen molar-refractivity contribution >= 4 is 28.5 Å². The van der Waals surface area contributed by atoms with Gasteiger partial charge in [-0.25, -0.2) is 15.0 Å². The quantitative estimate of drug-likeness (QED) is 0.507. The molecule has 0 saturated carbocycles. The molecule has 0 aliphatic carbocycles. The van der Waals surface area contributed by atoms with Crippen LogP contribution in [0.15, 0.2) is 35.3 Å².